The van der Waals surface area contributed by atoms with Crippen molar-refractivity contribution in [1.29, 1.82) is 0 Å². The van der Waals surface area contributed by atoms with E-state index in [4.69, 9.17) is 5.73 Å². The van der Waals surface area contributed by atoms with Crippen molar-refractivity contribution < 1.29 is 4.21 Å². The highest BCUT2D eigenvalue weighted by molar-refractivity contribution is 7.85. The normalized spacial score (nSPS) is 34.8. The Morgan fingerprint density at radius 2 is 1.56 bits per heavy atom. The summed E-state index contributed by atoms with van der Waals surface area (Å²) < 4.78 is 12.3. The van der Waals surface area contributed by atoms with Gasteiger partial charge in [-0.25, -0.2) is 0 Å². The van der Waals surface area contributed by atoms with Gasteiger partial charge >= 0.3 is 0 Å². The van der Waals surface area contributed by atoms with E-state index >= 15 is 0 Å². The second kappa shape index (κ2) is 6.15. The molecule has 2 N–H and O–H groups in total. The summed E-state index contributed by atoms with van der Waals surface area (Å²) in [4.78, 5) is 0. The number of rotatable bonds is 3. The number of hydrogen-bond acceptors (Lipinski definition) is 2. The van der Waals surface area contributed by atoms with Crippen LogP contribution in [0.5, 0.6) is 0 Å². The van der Waals surface area contributed by atoms with Crippen molar-refractivity contribution in [1.82, 2.24) is 0 Å². The Morgan fingerprint density at radius 3 is 2.31 bits per heavy atom. The van der Waals surface area contributed by atoms with Crippen LogP contribution < -0.4 is 5.73 Å². The maximum Gasteiger partial charge on any atom is 0.0499 e. The van der Waals surface area contributed by atoms with E-state index in [1.807, 2.05) is 0 Å². The minimum absolute atomic E-state index is 0.199. The van der Waals surface area contributed by atoms with Crippen LogP contribution >= 0.6 is 0 Å². The average molecular weight is 243 g/mol. The molecule has 2 fully saturated rings. The van der Waals surface area contributed by atoms with Crippen molar-refractivity contribution in [3.8, 4) is 0 Å². The summed E-state index contributed by atoms with van der Waals surface area (Å²) in [6.07, 6.45) is 11.2. The van der Waals surface area contributed by atoms with Crippen LogP contribution in [0.1, 0.15) is 57.8 Å². The van der Waals surface area contributed by atoms with E-state index < -0.39 is 10.8 Å². The third kappa shape index (κ3) is 3.30. The van der Waals surface area contributed by atoms with Gasteiger partial charge < -0.3 is 5.73 Å². The molecule has 2 nitrogen and oxygen atoms in total. The van der Waals surface area contributed by atoms with Gasteiger partial charge in [-0.3, -0.25) is 4.21 Å². The second-order valence-corrected chi connectivity index (χ2v) is 7.24. The highest BCUT2D eigenvalue weighted by Crippen LogP contribution is 2.28. The van der Waals surface area contributed by atoms with E-state index in [-0.39, 0.29) is 6.04 Å². The van der Waals surface area contributed by atoms with E-state index in [0.717, 1.165) is 24.5 Å². The number of nitrogens with two attached hydrogens (primary N) is 1. The molecule has 0 heterocycles. The molecule has 3 heteroatoms. The standard InChI is InChI=1S/C13H25NOS/c14-12-8-2-1-3-9-13(12)16(15)10-11-6-4-5-7-11/h11-13H,1-10,14H2. The lowest BCUT2D eigenvalue weighted by atomic mass is 10.1. The van der Waals surface area contributed by atoms with Crippen molar-refractivity contribution in [3.63, 3.8) is 0 Å². The van der Waals surface area contributed by atoms with E-state index in [9.17, 15) is 4.21 Å². The molecule has 94 valence electrons. The van der Waals surface area contributed by atoms with Crippen LogP contribution in [0.3, 0.4) is 0 Å². The van der Waals surface area contributed by atoms with Gasteiger partial charge in [0.05, 0.1) is 0 Å². The molecule has 3 atom stereocenters. The summed E-state index contributed by atoms with van der Waals surface area (Å²) in [6, 6.07) is 0.199. The zero-order valence-electron chi connectivity index (χ0n) is 10.2. The molecule has 0 aromatic heterocycles. The van der Waals surface area contributed by atoms with Gasteiger partial charge in [-0.15, -0.1) is 0 Å². The van der Waals surface area contributed by atoms with Crippen molar-refractivity contribution in [2.45, 2.75) is 69.1 Å². The first-order chi connectivity index (χ1) is 7.77. The molecule has 0 spiro atoms. The van der Waals surface area contributed by atoms with E-state index in [0.29, 0.717) is 5.25 Å². The van der Waals surface area contributed by atoms with Crippen LogP contribution in [0.15, 0.2) is 0 Å². The lowest BCUT2D eigenvalue weighted by molar-refractivity contribution is 0.559. The predicted molar refractivity (Wildman–Crippen MR) is 69.8 cm³/mol. The zero-order valence-corrected chi connectivity index (χ0v) is 11.0. The molecule has 0 amide bonds. The summed E-state index contributed by atoms with van der Waals surface area (Å²) in [7, 11) is -0.663. The molecule has 0 aromatic rings. The SMILES string of the molecule is NC1CCCCCC1S(=O)CC1CCCC1. The highest BCUT2D eigenvalue weighted by Gasteiger charge is 2.28. The summed E-state index contributed by atoms with van der Waals surface area (Å²) in [5.41, 5.74) is 6.16. The molecule has 0 radical (unpaired) electrons. The molecule has 2 saturated carbocycles. The maximum atomic E-state index is 12.3. The maximum absolute atomic E-state index is 12.3. The Kier molecular flexibility index (Phi) is 4.83. The molecule has 0 bridgehead atoms. The monoisotopic (exact) mass is 243 g/mol. The second-order valence-electron chi connectivity index (χ2n) is 5.54. The molecular weight excluding hydrogens is 218 g/mol. The fraction of sp³-hybridized carbons (Fsp3) is 1.00. The third-order valence-corrected chi connectivity index (χ3v) is 6.28. The van der Waals surface area contributed by atoms with Crippen LogP contribution in [-0.2, 0) is 10.8 Å². The van der Waals surface area contributed by atoms with Crippen LogP contribution in [-0.4, -0.2) is 21.3 Å². The Balaban J connectivity index is 1.85. The van der Waals surface area contributed by atoms with Crippen molar-refractivity contribution in [2.75, 3.05) is 5.75 Å². The first-order valence-corrected chi connectivity index (χ1v) is 8.28. The molecular formula is C13H25NOS. The lowest BCUT2D eigenvalue weighted by Crippen LogP contribution is -2.38. The van der Waals surface area contributed by atoms with Gasteiger partial charge in [0.1, 0.15) is 0 Å². The quantitative estimate of drug-likeness (QED) is 0.774. The molecule has 16 heavy (non-hydrogen) atoms. The number of hydrogen-bond donors (Lipinski definition) is 1. The van der Waals surface area contributed by atoms with Crippen molar-refractivity contribution >= 4 is 10.8 Å². The Labute approximate surface area is 102 Å². The average Bonchev–Trinajstić information content (AvgIpc) is 2.66. The summed E-state index contributed by atoms with van der Waals surface area (Å²) in [5, 5.41) is 0.295. The summed E-state index contributed by atoms with van der Waals surface area (Å²) >= 11 is 0. The molecule has 0 saturated heterocycles. The van der Waals surface area contributed by atoms with E-state index in [1.54, 1.807) is 0 Å². The van der Waals surface area contributed by atoms with Crippen LogP contribution in [0.25, 0.3) is 0 Å². The minimum atomic E-state index is -0.663. The fourth-order valence-corrected chi connectivity index (χ4v) is 5.16. The van der Waals surface area contributed by atoms with Gasteiger partial charge in [0, 0.05) is 27.8 Å². The smallest absolute Gasteiger partial charge is 0.0499 e. The topological polar surface area (TPSA) is 43.1 Å². The fourth-order valence-electron chi connectivity index (χ4n) is 3.16. The van der Waals surface area contributed by atoms with E-state index in [1.165, 1.54) is 44.9 Å². The Morgan fingerprint density at radius 1 is 0.938 bits per heavy atom. The summed E-state index contributed by atoms with van der Waals surface area (Å²) in [6.45, 7) is 0. The van der Waals surface area contributed by atoms with Crippen LogP contribution in [0, 0.1) is 5.92 Å². The molecule has 2 aliphatic rings. The summed E-state index contributed by atoms with van der Waals surface area (Å²) in [5.74, 6) is 1.66. The van der Waals surface area contributed by atoms with E-state index in [2.05, 4.69) is 0 Å². The predicted octanol–water partition coefficient (Wildman–Crippen LogP) is 2.59. The van der Waals surface area contributed by atoms with Gasteiger partial charge in [-0.05, 0) is 31.6 Å². The molecule has 2 rings (SSSR count). The van der Waals surface area contributed by atoms with Crippen LogP contribution in [0.4, 0.5) is 0 Å². The molecule has 3 unspecified atom stereocenters. The highest BCUT2D eigenvalue weighted by atomic mass is 32.2. The molecule has 0 aromatic carbocycles. The molecule has 0 aliphatic heterocycles. The lowest BCUT2D eigenvalue weighted by Gasteiger charge is -2.22. The Hall–Kier alpha value is 0.110. The first-order valence-electron chi connectivity index (χ1n) is 6.90. The van der Waals surface area contributed by atoms with Crippen molar-refractivity contribution in [2.24, 2.45) is 11.7 Å². The third-order valence-electron chi connectivity index (χ3n) is 4.22. The minimum Gasteiger partial charge on any atom is -0.327 e. The Bertz CT molecular complexity index is 238. The first kappa shape index (κ1) is 12.6. The van der Waals surface area contributed by atoms with Crippen LogP contribution in [0.2, 0.25) is 0 Å². The van der Waals surface area contributed by atoms with Gasteiger partial charge in [-0.1, -0.05) is 32.1 Å². The van der Waals surface area contributed by atoms with Gasteiger partial charge in [0.2, 0.25) is 0 Å². The van der Waals surface area contributed by atoms with Gasteiger partial charge in [0.25, 0.3) is 0 Å². The zero-order chi connectivity index (χ0) is 11.4. The molecule has 2 aliphatic carbocycles. The van der Waals surface area contributed by atoms with Gasteiger partial charge in [-0.2, -0.15) is 0 Å². The van der Waals surface area contributed by atoms with Gasteiger partial charge in [0.15, 0.2) is 0 Å². The largest absolute Gasteiger partial charge is 0.327 e. The van der Waals surface area contributed by atoms with Crippen molar-refractivity contribution in [3.05, 3.63) is 0 Å².